The van der Waals surface area contributed by atoms with Crippen molar-refractivity contribution in [3.8, 4) is 0 Å². The molecule has 0 spiro atoms. The number of carbonyl (C=O) groups is 1. The summed E-state index contributed by atoms with van der Waals surface area (Å²) in [6.45, 7) is -5.17. The first-order chi connectivity index (χ1) is 11.9. The van der Waals surface area contributed by atoms with Crippen LogP contribution in [-0.2, 0) is 25.4 Å². The standard InChI is InChI=1S/C14H19N3O3/c1-10(18)6-4-5-8-17-13(19)11-7-9-15(2)12(11)16(3)14(17)20/h7,9H,4-6,8H2,1-3H3/i1D3,2D3. The molecule has 2 rings (SSSR count). The number of Topliss-reactive ketones (excluding diaryl/α,β-unsaturated/α-hetero) is 1. The molecule has 0 aromatic carbocycles. The van der Waals surface area contributed by atoms with E-state index in [1.165, 1.54) is 19.3 Å². The second-order valence-corrected chi connectivity index (χ2v) is 4.60. The highest BCUT2D eigenvalue weighted by Crippen LogP contribution is 2.07. The molecule has 2 aromatic rings. The van der Waals surface area contributed by atoms with Gasteiger partial charge in [-0.1, -0.05) is 0 Å². The Hall–Kier alpha value is -2.11. The molecule has 0 fully saturated rings. The summed E-state index contributed by atoms with van der Waals surface area (Å²) < 4.78 is 46.4. The lowest BCUT2D eigenvalue weighted by atomic mass is 10.2. The van der Waals surface area contributed by atoms with Gasteiger partial charge in [0.15, 0.2) is 0 Å². The normalized spacial score (nSPS) is 16.9. The maximum atomic E-state index is 12.5. The Morgan fingerprint density at radius 1 is 1.35 bits per heavy atom. The number of hydrogen-bond acceptors (Lipinski definition) is 3. The van der Waals surface area contributed by atoms with Gasteiger partial charge in [0.1, 0.15) is 11.4 Å². The number of carbonyl (C=O) groups excluding carboxylic acids is 1. The van der Waals surface area contributed by atoms with E-state index in [9.17, 15) is 14.4 Å². The minimum absolute atomic E-state index is 0.00818. The predicted molar refractivity (Wildman–Crippen MR) is 77.0 cm³/mol. The summed E-state index contributed by atoms with van der Waals surface area (Å²) in [5, 5.41) is 0.0989. The molecule has 0 atom stereocenters. The SMILES string of the molecule is [2H]C([2H])([2H])C(=O)CCCCn1c(=O)c2ccn(C([2H])([2H])[2H])c2n(C)c1=O. The molecule has 0 saturated carbocycles. The number of nitrogens with zero attached hydrogens (tertiary/aromatic N) is 3. The highest BCUT2D eigenvalue weighted by Gasteiger charge is 2.12. The fourth-order valence-corrected chi connectivity index (χ4v) is 2.19. The van der Waals surface area contributed by atoms with E-state index in [4.69, 9.17) is 8.22 Å². The van der Waals surface area contributed by atoms with Gasteiger partial charge in [-0.15, -0.1) is 0 Å². The maximum Gasteiger partial charge on any atom is 0.332 e. The summed E-state index contributed by atoms with van der Waals surface area (Å²) in [4.78, 5) is 36.3. The molecular formula is C14H19N3O3. The molecule has 2 aromatic heterocycles. The number of unbranched alkanes of at least 4 members (excludes halogenated alkanes) is 1. The van der Waals surface area contributed by atoms with Crippen molar-refractivity contribution >= 4 is 16.8 Å². The lowest BCUT2D eigenvalue weighted by Crippen LogP contribution is -2.39. The fourth-order valence-electron chi connectivity index (χ4n) is 2.19. The fraction of sp³-hybridized carbons (Fsp3) is 0.500. The smallest absolute Gasteiger partial charge is 0.332 e. The van der Waals surface area contributed by atoms with Crippen LogP contribution in [0, 0.1) is 0 Å². The number of rotatable bonds is 5. The van der Waals surface area contributed by atoms with Crippen molar-refractivity contribution in [2.75, 3.05) is 0 Å². The Kier molecular flexibility index (Phi) is 2.26. The van der Waals surface area contributed by atoms with Crippen LogP contribution in [0.25, 0.3) is 11.0 Å². The molecule has 2 heterocycles. The molecule has 0 radical (unpaired) electrons. The number of aromatic nitrogens is 3. The molecule has 6 heteroatoms. The van der Waals surface area contributed by atoms with E-state index in [2.05, 4.69) is 0 Å². The molecule has 108 valence electrons. The van der Waals surface area contributed by atoms with Gasteiger partial charge in [0.2, 0.25) is 0 Å². The van der Waals surface area contributed by atoms with Gasteiger partial charge in [0.25, 0.3) is 5.56 Å². The van der Waals surface area contributed by atoms with Crippen molar-refractivity contribution in [3.63, 3.8) is 0 Å². The minimum Gasteiger partial charge on any atom is -0.337 e. The van der Waals surface area contributed by atoms with E-state index >= 15 is 0 Å². The van der Waals surface area contributed by atoms with E-state index in [1.807, 2.05) is 0 Å². The van der Waals surface area contributed by atoms with Crippen LogP contribution in [0.3, 0.4) is 0 Å². The first-order valence-corrected chi connectivity index (χ1v) is 6.20. The minimum atomic E-state index is -2.65. The Morgan fingerprint density at radius 3 is 2.85 bits per heavy atom. The van der Waals surface area contributed by atoms with E-state index in [0.717, 1.165) is 13.7 Å². The van der Waals surface area contributed by atoms with Crippen LogP contribution < -0.4 is 11.2 Å². The topological polar surface area (TPSA) is 66.0 Å². The van der Waals surface area contributed by atoms with Gasteiger partial charge in [-0.05, 0) is 25.8 Å². The highest BCUT2D eigenvalue weighted by molar-refractivity contribution is 5.75. The van der Waals surface area contributed by atoms with E-state index in [-0.39, 0.29) is 36.8 Å². The number of fused-ring (bicyclic) bond motifs is 1. The summed E-state index contributed by atoms with van der Waals surface area (Å²) in [5.74, 6) is -0.858. The van der Waals surface area contributed by atoms with Gasteiger partial charge < -0.3 is 9.36 Å². The van der Waals surface area contributed by atoms with Gasteiger partial charge in [-0.3, -0.25) is 13.9 Å². The zero-order valence-electron chi connectivity index (χ0n) is 17.0. The predicted octanol–water partition coefficient (Wildman–Crippen LogP) is 0.798. The van der Waals surface area contributed by atoms with Crippen molar-refractivity contribution in [2.45, 2.75) is 32.7 Å². The monoisotopic (exact) mass is 283 g/mol. The third-order valence-corrected chi connectivity index (χ3v) is 3.21. The summed E-state index contributed by atoms with van der Waals surface area (Å²) in [6, 6.07) is 1.35. The summed E-state index contributed by atoms with van der Waals surface area (Å²) >= 11 is 0. The van der Waals surface area contributed by atoms with Gasteiger partial charge in [-0.2, -0.15) is 0 Å². The molecule has 0 unspecified atom stereocenters. The van der Waals surface area contributed by atoms with Gasteiger partial charge in [0, 0.05) is 41.4 Å². The van der Waals surface area contributed by atoms with Crippen LogP contribution in [0.5, 0.6) is 0 Å². The Bertz CT molecular complexity index is 948. The van der Waals surface area contributed by atoms with Crippen LogP contribution in [0.2, 0.25) is 0 Å². The van der Waals surface area contributed by atoms with Gasteiger partial charge in [-0.25, -0.2) is 4.79 Å². The van der Waals surface area contributed by atoms with Crippen molar-refractivity contribution in [3.05, 3.63) is 33.1 Å². The zero-order valence-corrected chi connectivity index (χ0v) is 11.0. The van der Waals surface area contributed by atoms with E-state index in [0.29, 0.717) is 0 Å². The summed E-state index contributed by atoms with van der Waals surface area (Å²) in [5.41, 5.74) is -1.28. The molecule has 0 aliphatic rings. The zero-order chi connectivity index (χ0) is 19.9. The lowest BCUT2D eigenvalue weighted by Gasteiger charge is -2.09. The molecule has 0 N–H and O–H groups in total. The Labute approximate surface area is 124 Å². The molecule has 0 amide bonds. The first-order valence-electron chi connectivity index (χ1n) is 9.20. The molecule has 0 bridgehead atoms. The third kappa shape index (κ3) is 2.45. The third-order valence-electron chi connectivity index (χ3n) is 3.21. The van der Waals surface area contributed by atoms with Crippen LogP contribution in [0.15, 0.2) is 21.9 Å². The number of hydrogen-bond donors (Lipinski definition) is 0. The molecule has 20 heavy (non-hydrogen) atoms. The number of aryl methyl sites for hydroxylation is 2. The summed E-state index contributed by atoms with van der Waals surface area (Å²) in [6.07, 6.45) is 1.56. The van der Waals surface area contributed by atoms with Gasteiger partial charge in [0.05, 0.1) is 5.39 Å². The summed E-state index contributed by atoms with van der Waals surface area (Å²) in [7, 11) is 1.38. The Balaban J connectivity index is 2.29. The molecular weight excluding hydrogens is 258 g/mol. The molecule has 0 aliphatic heterocycles. The average molecular weight is 283 g/mol. The highest BCUT2D eigenvalue weighted by atomic mass is 16.2. The van der Waals surface area contributed by atoms with E-state index in [1.54, 1.807) is 0 Å². The second-order valence-electron chi connectivity index (χ2n) is 4.60. The van der Waals surface area contributed by atoms with Crippen LogP contribution >= 0.6 is 0 Å². The van der Waals surface area contributed by atoms with Crippen LogP contribution in [0.1, 0.15) is 34.3 Å². The van der Waals surface area contributed by atoms with Crippen molar-refractivity contribution in [1.29, 1.82) is 0 Å². The molecule has 6 nitrogen and oxygen atoms in total. The van der Waals surface area contributed by atoms with Crippen molar-refractivity contribution < 1.29 is 13.0 Å². The first kappa shape index (κ1) is 8.24. The molecule has 0 saturated heterocycles. The van der Waals surface area contributed by atoms with Crippen LogP contribution in [0.4, 0.5) is 0 Å². The number of ketones is 1. The van der Waals surface area contributed by atoms with E-state index < -0.39 is 30.9 Å². The van der Waals surface area contributed by atoms with Crippen LogP contribution in [-0.4, -0.2) is 19.5 Å². The second kappa shape index (κ2) is 5.48. The van der Waals surface area contributed by atoms with Crippen molar-refractivity contribution in [2.24, 2.45) is 14.0 Å². The lowest BCUT2D eigenvalue weighted by molar-refractivity contribution is -0.117. The Morgan fingerprint density at radius 2 is 2.15 bits per heavy atom. The quantitative estimate of drug-likeness (QED) is 0.762. The average Bonchev–Trinajstić information content (AvgIpc) is 2.96. The van der Waals surface area contributed by atoms with Gasteiger partial charge >= 0.3 is 5.69 Å². The largest absolute Gasteiger partial charge is 0.337 e. The maximum absolute atomic E-state index is 12.5. The molecule has 0 aliphatic carbocycles. The van der Waals surface area contributed by atoms with Crippen molar-refractivity contribution in [1.82, 2.24) is 13.7 Å².